The van der Waals surface area contributed by atoms with Crippen molar-refractivity contribution in [1.29, 1.82) is 0 Å². The molecule has 0 atom stereocenters. The number of para-hydroxylation sites is 2. The lowest BCUT2D eigenvalue weighted by Crippen LogP contribution is -2.31. The highest BCUT2D eigenvalue weighted by Gasteiger charge is 2.15. The molecule has 1 aromatic carbocycles. The van der Waals surface area contributed by atoms with Crippen LogP contribution in [0.3, 0.4) is 0 Å². The average molecular weight is 499 g/mol. The monoisotopic (exact) mass is 498 g/mol. The molecule has 1 N–H and O–H groups in total. The first-order valence-electron chi connectivity index (χ1n) is 8.47. The van der Waals surface area contributed by atoms with Gasteiger partial charge in [0.2, 0.25) is 11.0 Å². The van der Waals surface area contributed by atoms with E-state index in [2.05, 4.69) is 31.4 Å². The number of carbonyl (C=O) groups is 1. The largest absolute Gasteiger partial charge is 0.495 e. The predicted molar refractivity (Wildman–Crippen MR) is 120 cm³/mol. The summed E-state index contributed by atoms with van der Waals surface area (Å²) in [6.45, 7) is 3.29. The molecule has 1 amide bonds. The van der Waals surface area contributed by atoms with Crippen molar-refractivity contribution in [3.05, 3.63) is 45.1 Å². The van der Waals surface area contributed by atoms with Crippen LogP contribution < -0.4 is 10.1 Å². The molecule has 0 unspecified atom stereocenters. The van der Waals surface area contributed by atoms with Crippen LogP contribution in [0.2, 0.25) is 0 Å². The van der Waals surface area contributed by atoms with Crippen LogP contribution in [-0.4, -0.2) is 40.4 Å². The molecule has 0 aliphatic heterocycles. The van der Waals surface area contributed by atoms with Crippen molar-refractivity contribution in [2.75, 3.05) is 24.7 Å². The summed E-state index contributed by atoms with van der Waals surface area (Å²) in [5.74, 6) is 1.16. The zero-order valence-electron chi connectivity index (χ0n) is 15.3. The highest BCUT2D eigenvalue weighted by Crippen LogP contribution is 2.31. The minimum atomic E-state index is 0.0893. The Morgan fingerprint density at radius 2 is 2.07 bits per heavy atom. The SMILES string of the molecule is CCN(Cc1ccc(Br)s1)C(=O)CSc1nnc(Nc2ccccc2OC)s1. The Bertz CT molecular complexity index is 931. The van der Waals surface area contributed by atoms with E-state index in [0.29, 0.717) is 24.0 Å². The van der Waals surface area contributed by atoms with Crippen LogP contribution in [0, 0.1) is 0 Å². The highest BCUT2D eigenvalue weighted by molar-refractivity contribution is 9.11. The van der Waals surface area contributed by atoms with Gasteiger partial charge in [0.15, 0.2) is 4.34 Å². The lowest BCUT2D eigenvalue weighted by molar-refractivity contribution is -0.128. The van der Waals surface area contributed by atoms with Gasteiger partial charge < -0.3 is 15.0 Å². The van der Waals surface area contributed by atoms with E-state index in [0.717, 1.165) is 24.4 Å². The smallest absolute Gasteiger partial charge is 0.233 e. The van der Waals surface area contributed by atoms with Gasteiger partial charge in [0.05, 0.1) is 28.9 Å². The van der Waals surface area contributed by atoms with Crippen molar-refractivity contribution >= 4 is 67.1 Å². The quantitative estimate of drug-likeness (QED) is 0.406. The van der Waals surface area contributed by atoms with Crippen LogP contribution in [0.5, 0.6) is 5.75 Å². The number of aromatic nitrogens is 2. The van der Waals surface area contributed by atoms with Gasteiger partial charge in [-0.15, -0.1) is 21.5 Å². The zero-order chi connectivity index (χ0) is 19.9. The molecule has 0 fully saturated rings. The molecule has 28 heavy (non-hydrogen) atoms. The van der Waals surface area contributed by atoms with E-state index in [9.17, 15) is 4.79 Å². The molecule has 2 heterocycles. The summed E-state index contributed by atoms with van der Waals surface area (Å²) in [4.78, 5) is 15.6. The van der Waals surface area contributed by atoms with E-state index in [1.54, 1.807) is 18.4 Å². The summed E-state index contributed by atoms with van der Waals surface area (Å²) in [6, 6.07) is 11.7. The normalized spacial score (nSPS) is 10.7. The molecule has 0 spiro atoms. The van der Waals surface area contributed by atoms with Crippen LogP contribution >= 0.6 is 50.4 Å². The van der Waals surface area contributed by atoms with Crippen molar-refractivity contribution in [2.45, 2.75) is 17.8 Å². The lowest BCUT2D eigenvalue weighted by atomic mass is 10.3. The molecular weight excluding hydrogens is 480 g/mol. The number of nitrogens with one attached hydrogen (secondary N) is 1. The number of amides is 1. The number of thiophene rings is 1. The van der Waals surface area contributed by atoms with Crippen molar-refractivity contribution in [3.8, 4) is 5.75 Å². The number of hydrogen-bond acceptors (Lipinski definition) is 8. The number of hydrogen-bond donors (Lipinski definition) is 1. The Morgan fingerprint density at radius 3 is 2.79 bits per heavy atom. The molecule has 0 saturated carbocycles. The van der Waals surface area contributed by atoms with Crippen molar-refractivity contribution < 1.29 is 9.53 Å². The second-order valence-electron chi connectivity index (χ2n) is 5.60. The molecule has 3 aromatic rings. The fourth-order valence-corrected chi connectivity index (χ4v) is 5.56. The molecule has 0 saturated heterocycles. The third kappa shape index (κ3) is 5.69. The van der Waals surface area contributed by atoms with Gasteiger partial charge in [0, 0.05) is 11.4 Å². The number of benzene rings is 1. The Balaban J connectivity index is 1.55. The first-order chi connectivity index (χ1) is 13.6. The number of thioether (sulfide) groups is 1. The van der Waals surface area contributed by atoms with E-state index in [4.69, 9.17) is 4.74 Å². The van der Waals surface area contributed by atoms with Gasteiger partial charge in [0.25, 0.3) is 0 Å². The number of rotatable bonds is 9. The van der Waals surface area contributed by atoms with Gasteiger partial charge in [-0.25, -0.2) is 0 Å². The first kappa shape index (κ1) is 21.1. The molecular formula is C18H19BrN4O2S3. The summed E-state index contributed by atoms with van der Waals surface area (Å²) >= 11 is 7.93. The molecule has 0 aliphatic rings. The third-order valence-electron chi connectivity index (χ3n) is 3.78. The summed E-state index contributed by atoms with van der Waals surface area (Å²) in [7, 11) is 1.63. The Hall–Kier alpha value is -1.62. The highest BCUT2D eigenvalue weighted by atomic mass is 79.9. The molecule has 0 radical (unpaired) electrons. The maximum atomic E-state index is 12.6. The van der Waals surface area contributed by atoms with Crippen LogP contribution in [0.25, 0.3) is 0 Å². The molecule has 6 nitrogen and oxygen atoms in total. The summed E-state index contributed by atoms with van der Waals surface area (Å²) < 4.78 is 7.15. The summed E-state index contributed by atoms with van der Waals surface area (Å²) in [5, 5.41) is 12.2. The van der Waals surface area contributed by atoms with Crippen molar-refractivity contribution in [1.82, 2.24) is 15.1 Å². The fourth-order valence-electron chi connectivity index (χ4n) is 2.40. The maximum absolute atomic E-state index is 12.6. The number of methoxy groups -OCH3 is 1. The number of carbonyl (C=O) groups excluding carboxylic acids is 1. The van der Waals surface area contributed by atoms with E-state index in [1.165, 1.54) is 23.1 Å². The van der Waals surface area contributed by atoms with Gasteiger partial charge in [-0.1, -0.05) is 35.2 Å². The Kier molecular flexibility index (Phi) is 7.72. The van der Waals surface area contributed by atoms with Crippen LogP contribution in [0.15, 0.2) is 44.5 Å². The predicted octanol–water partition coefficient (Wildman–Crippen LogP) is 5.26. The summed E-state index contributed by atoms with van der Waals surface area (Å²) in [5.41, 5.74) is 0.827. The molecule has 0 aliphatic carbocycles. The van der Waals surface area contributed by atoms with Crippen LogP contribution in [0.1, 0.15) is 11.8 Å². The van der Waals surface area contributed by atoms with Gasteiger partial charge in [-0.3, -0.25) is 4.79 Å². The van der Waals surface area contributed by atoms with Crippen LogP contribution in [0.4, 0.5) is 10.8 Å². The van der Waals surface area contributed by atoms with Crippen LogP contribution in [-0.2, 0) is 11.3 Å². The molecule has 148 valence electrons. The second kappa shape index (κ2) is 10.2. The Morgan fingerprint density at radius 1 is 1.25 bits per heavy atom. The van der Waals surface area contributed by atoms with Crippen molar-refractivity contribution in [2.24, 2.45) is 0 Å². The molecule has 10 heteroatoms. The number of halogens is 1. The fraction of sp³-hybridized carbons (Fsp3) is 0.278. The second-order valence-corrected chi connectivity index (χ2v) is 10.3. The third-order valence-corrected chi connectivity index (χ3v) is 7.35. The maximum Gasteiger partial charge on any atom is 0.233 e. The topological polar surface area (TPSA) is 67.4 Å². The van der Waals surface area contributed by atoms with Gasteiger partial charge >= 0.3 is 0 Å². The number of anilines is 2. The van der Waals surface area contributed by atoms with E-state index in [1.807, 2.05) is 48.2 Å². The number of nitrogens with zero attached hydrogens (tertiary/aromatic N) is 3. The molecule has 2 aromatic heterocycles. The van der Waals surface area contributed by atoms with Gasteiger partial charge in [-0.2, -0.15) is 0 Å². The lowest BCUT2D eigenvalue weighted by Gasteiger charge is -2.19. The molecule has 0 bridgehead atoms. The van der Waals surface area contributed by atoms with Gasteiger partial charge in [-0.05, 0) is 47.1 Å². The molecule has 3 rings (SSSR count). The minimum Gasteiger partial charge on any atom is -0.495 e. The number of ether oxygens (including phenoxy) is 1. The standard InChI is InChI=1S/C18H19BrN4O2S3/c1-3-23(10-12-8-9-15(19)27-12)16(24)11-26-18-22-21-17(28-18)20-13-6-4-5-7-14(13)25-2/h4-9H,3,10-11H2,1-2H3,(H,20,21). The van der Waals surface area contributed by atoms with E-state index in [-0.39, 0.29) is 5.91 Å². The zero-order valence-corrected chi connectivity index (χ0v) is 19.4. The van der Waals surface area contributed by atoms with Gasteiger partial charge in [0.1, 0.15) is 5.75 Å². The average Bonchev–Trinajstić information content (AvgIpc) is 3.33. The van der Waals surface area contributed by atoms with E-state index < -0.39 is 0 Å². The first-order valence-corrected chi connectivity index (χ1v) is 11.9. The summed E-state index contributed by atoms with van der Waals surface area (Å²) in [6.07, 6.45) is 0. The minimum absolute atomic E-state index is 0.0893. The Labute approximate surface area is 184 Å². The van der Waals surface area contributed by atoms with Crippen molar-refractivity contribution in [3.63, 3.8) is 0 Å². The van der Waals surface area contributed by atoms with E-state index >= 15 is 0 Å².